The van der Waals surface area contributed by atoms with E-state index in [4.69, 9.17) is 5.73 Å². The summed E-state index contributed by atoms with van der Waals surface area (Å²) >= 11 is 1.80. The summed E-state index contributed by atoms with van der Waals surface area (Å²) in [5.74, 6) is 1.01. The number of nitrogens with two attached hydrogens (primary N) is 1. The zero-order chi connectivity index (χ0) is 15.1. The predicted molar refractivity (Wildman–Crippen MR) is 87.0 cm³/mol. The Bertz CT molecular complexity index is 414. The summed E-state index contributed by atoms with van der Waals surface area (Å²) in [6.07, 6.45) is 2.46. The van der Waals surface area contributed by atoms with Gasteiger partial charge in [-0.25, -0.2) is 0 Å². The van der Waals surface area contributed by atoms with E-state index < -0.39 is 0 Å². The summed E-state index contributed by atoms with van der Waals surface area (Å²) in [5.41, 5.74) is 5.75. The van der Waals surface area contributed by atoms with Crippen molar-refractivity contribution in [2.45, 2.75) is 53.0 Å². The third-order valence-corrected chi connectivity index (χ3v) is 4.35. The van der Waals surface area contributed by atoms with E-state index in [9.17, 15) is 4.79 Å². The van der Waals surface area contributed by atoms with Crippen LogP contribution in [-0.2, 0) is 11.2 Å². The highest BCUT2D eigenvalue weighted by Crippen LogP contribution is 2.17. The molecule has 0 saturated heterocycles. The number of aryl methyl sites for hydroxylation is 1. The van der Waals surface area contributed by atoms with Gasteiger partial charge in [-0.15, -0.1) is 11.3 Å². The van der Waals surface area contributed by atoms with Crippen molar-refractivity contribution in [3.8, 4) is 0 Å². The van der Waals surface area contributed by atoms with Crippen LogP contribution in [0.4, 0.5) is 0 Å². The van der Waals surface area contributed by atoms with Gasteiger partial charge in [-0.1, -0.05) is 13.8 Å². The molecular formula is C16H28N2OS. The molecule has 20 heavy (non-hydrogen) atoms. The highest BCUT2D eigenvalue weighted by Gasteiger charge is 2.16. The van der Waals surface area contributed by atoms with Crippen LogP contribution in [0.2, 0.25) is 0 Å². The van der Waals surface area contributed by atoms with E-state index in [-0.39, 0.29) is 11.9 Å². The van der Waals surface area contributed by atoms with Crippen LogP contribution in [0.1, 0.15) is 43.4 Å². The second kappa shape index (κ2) is 8.42. The Labute approximate surface area is 127 Å². The van der Waals surface area contributed by atoms with E-state index >= 15 is 0 Å². The first-order valence-corrected chi connectivity index (χ1v) is 8.27. The summed E-state index contributed by atoms with van der Waals surface area (Å²) in [6.45, 7) is 9.09. The highest BCUT2D eigenvalue weighted by atomic mass is 32.1. The highest BCUT2D eigenvalue weighted by molar-refractivity contribution is 7.11. The van der Waals surface area contributed by atoms with Gasteiger partial charge in [0.2, 0.25) is 5.91 Å². The third-order valence-electron chi connectivity index (χ3n) is 3.32. The molecule has 0 spiro atoms. The number of hydrogen-bond donors (Lipinski definition) is 2. The molecule has 0 fully saturated rings. The maximum atomic E-state index is 12.0. The van der Waals surface area contributed by atoms with Crippen LogP contribution < -0.4 is 11.1 Å². The van der Waals surface area contributed by atoms with Crippen LogP contribution in [0.5, 0.6) is 0 Å². The fourth-order valence-electron chi connectivity index (χ4n) is 2.47. The number of thiophene rings is 1. The number of carbonyl (C=O) groups excluding carboxylic acids is 1. The van der Waals surface area contributed by atoms with Gasteiger partial charge in [-0.2, -0.15) is 0 Å². The summed E-state index contributed by atoms with van der Waals surface area (Å²) in [5, 5.41) is 3.09. The molecule has 0 bridgehead atoms. The van der Waals surface area contributed by atoms with Crippen molar-refractivity contribution in [2.24, 2.45) is 17.6 Å². The van der Waals surface area contributed by atoms with Crippen molar-refractivity contribution in [3.63, 3.8) is 0 Å². The Kier molecular flexibility index (Phi) is 7.24. The first-order chi connectivity index (χ1) is 9.40. The normalized spacial score (nSPS) is 14.3. The molecule has 2 unspecified atom stereocenters. The van der Waals surface area contributed by atoms with Gasteiger partial charge in [0, 0.05) is 28.6 Å². The SMILES string of the molecule is Cc1ccc(CC(C)NC(=O)CC(CN)CC(C)C)s1. The number of amides is 1. The molecule has 0 radical (unpaired) electrons. The number of carbonyl (C=O) groups is 1. The lowest BCUT2D eigenvalue weighted by molar-refractivity contribution is -0.122. The van der Waals surface area contributed by atoms with Crippen molar-refractivity contribution in [1.29, 1.82) is 0 Å². The average Bonchev–Trinajstić information content (AvgIpc) is 2.72. The van der Waals surface area contributed by atoms with Crippen LogP contribution in [0.25, 0.3) is 0 Å². The molecule has 1 aromatic heterocycles. The molecule has 1 amide bonds. The molecule has 3 nitrogen and oxygen atoms in total. The van der Waals surface area contributed by atoms with Crippen molar-refractivity contribution < 1.29 is 4.79 Å². The number of hydrogen-bond acceptors (Lipinski definition) is 3. The monoisotopic (exact) mass is 296 g/mol. The van der Waals surface area contributed by atoms with Gasteiger partial charge in [0.05, 0.1) is 0 Å². The van der Waals surface area contributed by atoms with Gasteiger partial charge in [-0.3, -0.25) is 4.79 Å². The first-order valence-electron chi connectivity index (χ1n) is 7.45. The van der Waals surface area contributed by atoms with Gasteiger partial charge in [0.15, 0.2) is 0 Å². The molecule has 0 aliphatic heterocycles. The van der Waals surface area contributed by atoms with Gasteiger partial charge < -0.3 is 11.1 Å². The molecule has 1 rings (SSSR count). The van der Waals surface area contributed by atoms with E-state index in [1.807, 2.05) is 0 Å². The van der Waals surface area contributed by atoms with Gasteiger partial charge >= 0.3 is 0 Å². The smallest absolute Gasteiger partial charge is 0.220 e. The summed E-state index contributed by atoms with van der Waals surface area (Å²) in [7, 11) is 0. The fraction of sp³-hybridized carbons (Fsp3) is 0.688. The van der Waals surface area contributed by atoms with Crippen molar-refractivity contribution in [2.75, 3.05) is 6.54 Å². The summed E-state index contributed by atoms with van der Waals surface area (Å²) < 4.78 is 0. The topological polar surface area (TPSA) is 55.1 Å². The molecule has 114 valence electrons. The Morgan fingerprint density at radius 3 is 2.55 bits per heavy atom. The number of nitrogens with one attached hydrogen (secondary N) is 1. The van der Waals surface area contributed by atoms with Crippen LogP contribution in [0.3, 0.4) is 0 Å². The lowest BCUT2D eigenvalue weighted by Crippen LogP contribution is -2.36. The minimum absolute atomic E-state index is 0.127. The molecule has 4 heteroatoms. The van der Waals surface area contributed by atoms with Gasteiger partial charge in [-0.05, 0) is 50.8 Å². The molecule has 3 N–H and O–H groups in total. The van der Waals surface area contributed by atoms with E-state index in [1.165, 1.54) is 9.75 Å². The molecule has 2 atom stereocenters. The minimum atomic E-state index is 0.127. The second-order valence-corrected chi connectivity index (χ2v) is 7.49. The summed E-state index contributed by atoms with van der Waals surface area (Å²) in [6, 6.07) is 4.45. The third kappa shape index (κ3) is 6.53. The Morgan fingerprint density at radius 1 is 1.35 bits per heavy atom. The van der Waals surface area contributed by atoms with E-state index in [2.05, 4.69) is 45.1 Å². The van der Waals surface area contributed by atoms with Crippen molar-refractivity contribution in [3.05, 3.63) is 21.9 Å². The predicted octanol–water partition coefficient (Wildman–Crippen LogP) is 3.11. The second-order valence-electron chi connectivity index (χ2n) is 6.12. The molecule has 1 aromatic rings. The van der Waals surface area contributed by atoms with Crippen molar-refractivity contribution >= 4 is 17.2 Å². The standard InChI is InChI=1S/C16H28N2OS/c1-11(2)7-14(10-17)9-16(19)18-12(3)8-15-6-5-13(4)20-15/h5-6,11-12,14H,7-10,17H2,1-4H3,(H,18,19). The largest absolute Gasteiger partial charge is 0.353 e. The van der Waals surface area contributed by atoms with Gasteiger partial charge in [0.25, 0.3) is 0 Å². The zero-order valence-corrected chi connectivity index (χ0v) is 13.9. The fourth-order valence-corrected chi connectivity index (χ4v) is 3.49. The maximum Gasteiger partial charge on any atom is 0.220 e. The molecule has 1 heterocycles. The zero-order valence-electron chi connectivity index (χ0n) is 13.1. The van der Waals surface area contributed by atoms with Crippen molar-refractivity contribution in [1.82, 2.24) is 5.32 Å². The first kappa shape index (κ1) is 17.2. The number of rotatable bonds is 8. The molecule has 0 aliphatic carbocycles. The minimum Gasteiger partial charge on any atom is -0.353 e. The van der Waals surface area contributed by atoms with Crippen LogP contribution in [0, 0.1) is 18.8 Å². The van der Waals surface area contributed by atoms with Crippen LogP contribution in [0.15, 0.2) is 12.1 Å². The van der Waals surface area contributed by atoms with Crippen LogP contribution >= 0.6 is 11.3 Å². The lowest BCUT2D eigenvalue weighted by atomic mass is 9.94. The van der Waals surface area contributed by atoms with Crippen LogP contribution in [-0.4, -0.2) is 18.5 Å². The molecule has 0 aliphatic rings. The Morgan fingerprint density at radius 2 is 2.05 bits per heavy atom. The quantitative estimate of drug-likeness (QED) is 0.774. The molecule has 0 aromatic carbocycles. The molecular weight excluding hydrogens is 268 g/mol. The van der Waals surface area contributed by atoms with Gasteiger partial charge in [0.1, 0.15) is 0 Å². The maximum absolute atomic E-state index is 12.0. The van der Waals surface area contributed by atoms with E-state index in [0.717, 1.165) is 12.8 Å². The summed E-state index contributed by atoms with van der Waals surface area (Å²) in [4.78, 5) is 14.7. The Balaban J connectivity index is 2.37. The lowest BCUT2D eigenvalue weighted by Gasteiger charge is -2.18. The Hall–Kier alpha value is -0.870. The molecule has 0 saturated carbocycles. The van der Waals surface area contributed by atoms with E-state index in [0.29, 0.717) is 24.8 Å². The average molecular weight is 296 g/mol. The van der Waals surface area contributed by atoms with E-state index in [1.54, 1.807) is 11.3 Å².